The van der Waals surface area contributed by atoms with E-state index in [-0.39, 0.29) is 5.91 Å². The molecule has 0 saturated carbocycles. The molecule has 0 aliphatic carbocycles. The van der Waals surface area contributed by atoms with E-state index in [1.807, 2.05) is 31.4 Å². The van der Waals surface area contributed by atoms with E-state index in [0.29, 0.717) is 12.1 Å². The van der Waals surface area contributed by atoms with Crippen LogP contribution in [0.5, 0.6) is 0 Å². The average molecular weight is 281 g/mol. The molecule has 0 aliphatic heterocycles. The van der Waals surface area contributed by atoms with Gasteiger partial charge in [-0.1, -0.05) is 12.1 Å². The second-order valence-electron chi connectivity index (χ2n) is 4.20. The molecule has 1 aromatic rings. The van der Waals surface area contributed by atoms with Crippen molar-refractivity contribution in [1.82, 2.24) is 5.32 Å². The van der Waals surface area contributed by atoms with Gasteiger partial charge in [0.25, 0.3) is 0 Å². The molecule has 0 radical (unpaired) electrons. The second-order valence-corrected chi connectivity index (χ2v) is 5.19. The number of primary amides is 1. The number of amides is 3. The predicted molar refractivity (Wildman–Crippen MR) is 79.3 cm³/mol. The number of nitrogens with one attached hydrogen (secondary N) is 2. The van der Waals surface area contributed by atoms with Crippen LogP contribution in [-0.2, 0) is 4.79 Å². The van der Waals surface area contributed by atoms with Crippen molar-refractivity contribution in [2.45, 2.75) is 19.4 Å². The summed E-state index contributed by atoms with van der Waals surface area (Å²) in [7, 11) is 0. The Bertz CT molecular complexity index is 451. The van der Waals surface area contributed by atoms with Crippen LogP contribution in [0.4, 0.5) is 10.5 Å². The molecule has 104 valence electrons. The highest BCUT2D eigenvalue weighted by Crippen LogP contribution is 2.11. The molecule has 0 bridgehead atoms. The van der Waals surface area contributed by atoms with Gasteiger partial charge in [-0.3, -0.25) is 4.79 Å². The molecule has 0 aromatic heterocycles. The molecule has 1 aromatic carbocycles. The predicted octanol–water partition coefficient (Wildman–Crippen LogP) is 1.72. The van der Waals surface area contributed by atoms with Crippen LogP contribution < -0.4 is 16.4 Å². The molecule has 0 spiro atoms. The molecule has 6 heteroatoms. The lowest BCUT2D eigenvalue weighted by Crippen LogP contribution is -2.46. The van der Waals surface area contributed by atoms with Crippen molar-refractivity contribution in [3.05, 3.63) is 29.8 Å². The molecule has 0 saturated heterocycles. The summed E-state index contributed by atoms with van der Waals surface area (Å²) in [6.07, 6.45) is 2.49. The van der Waals surface area contributed by atoms with Gasteiger partial charge in [0.15, 0.2) is 0 Å². The number of thioether (sulfide) groups is 1. The maximum atomic E-state index is 12.1. The van der Waals surface area contributed by atoms with E-state index >= 15 is 0 Å². The summed E-state index contributed by atoms with van der Waals surface area (Å²) < 4.78 is 0. The highest BCUT2D eigenvalue weighted by Gasteiger charge is 2.19. The molecular weight excluding hydrogens is 262 g/mol. The third kappa shape index (κ3) is 5.65. The first-order valence-corrected chi connectivity index (χ1v) is 7.34. The largest absolute Gasteiger partial charge is 0.352 e. The monoisotopic (exact) mass is 281 g/mol. The third-order valence-corrected chi connectivity index (χ3v) is 3.17. The van der Waals surface area contributed by atoms with E-state index < -0.39 is 12.1 Å². The maximum Gasteiger partial charge on any atom is 0.312 e. The number of rotatable bonds is 6. The van der Waals surface area contributed by atoms with Crippen LogP contribution in [0, 0.1) is 6.92 Å². The first kappa shape index (κ1) is 15.4. The van der Waals surface area contributed by atoms with Gasteiger partial charge in [-0.2, -0.15) is 11.8 Å². The van der Waals surface area contributed by atoms with Crippen LogP contribution >= 0.6 is 11.8 Å². The molecule has 1 rings (SSSR count). The zero-order valence-electron chi connectivity index (χ0n) is 11.1. The Kier molecular flexibility index (Phi) is 6.21. The van der Waals surface area contributed by atoms with Gasteiger partial charge in [0.05, 0.1) is 0 Å². The topological polar surface area (TPSA) is 84.2 Å². The summed E-state index contributed by atoms with van der Waals surface area (Å²) in [6, 6.07) is 6.19. The lowest BCUT2D eigenvalue weighted by molar-refractivity contribution is -0.117. The number of hydrogen-bond donors (Lipinski definition) is 3. The fourth-order valence-corrected chi connectivity index (χ4v) is 2.10. The molecule has 5 nitrogen and oxygen atoms in total. The summed E-state index contributed by atoms with van der Waals surface area (Å²) in [5.74, 6) is 0.519. The number of aryl methyl sites for hydroxylation is 1. The summed E-state index contributed by atoms with van der Waals surface area (Å²) >= 11 is 1.61. The molecule has 1 atom stereocenters. The van der Waals surface area contributed by atoms with Crippen molar-refractivity contribution in [1.29, 1.82) is 0 Å². The smallest absolute Gasteiger partial charge is 0.312 e. The van der Waals surface area contributed by atoms with Crippen LogP contribution in [0.2, 0.25) is 0 Å². The summed E-state index contributed by atoms with van der Waals surface area (Å²) in [6.45, 7) is 1.95. The number of urea groups is 1. The van der Waals surface area contributed by atoms with Crippen molar-refractivity contribution >= 4 is 29.4 Å². The average Bonchev–Trinajstić information content (AvgIpc) is 2.34. The van der Waals surface area contributed by atoms with Gasteiger partial charge < -0.3 is 16.4 Å². The second kappa shape index (κ2) is 7.68. The lowest BCUT2D eigenvalue weighted by Gasteiger charge is -2.17. The molecule has 19 heavy (non-hydrogen) atoms. The Morgan fingerprint density at radius 3 is 2.74 bits per heavy atom. The summed E-state index contributed by atoms with van der Waals surface area (Å²) in [4.78, 5) is 23.0. The van der Waals surface area contributed by atoms with E-state index in [0.717, 1.165) is 11.3 Å². The van der Waals surface area contributed by atoms with Crippen LogP contribution in [0.15, 0.2) is 24.3 Å². The number of hydrogen-bond acceptors (Lipinski definition) is 3. The van der Waals surface area contributed by atoms with E-state index in [2.05, 4.69) is 10.6 Å². The fourth-order valence-electron chi connectivity index (χ4n) is 1.63. The number of nitrogens with two attached hydrogens (primary N) is 1. The van der Waals surface area contributed by atoms with E-state index in [1.165, 1.54) is 0 Å². The van der Waals surface area contributed by atoms with Crippen LogP contribution in [0.3, 0.4) is 0 Å². The van der Waals surface area contributed by atoms with Crippen molar-refractivity contribution in [2.75, 3.05) is 17.3 Å². The minimum absolute atomic E-state index is 0.251. The number of anilines is 1. The van der Waals surface area contributed by atoms with Crippen molar-refractivity contribution in [2.24, 2.45) is 5.73 Å². The lowest BCUT2D eigenvalue weighted by atomic mass is 10.2. The summed E-state index contributed by atoms with van der Waals surface area (Å²) in [5, 5.41) is 5.24. The first-order chi connectivity index (χ1) is 9.02. The third-order valence-electron chi connectivity index (χ3n) is 2.53. The van der Waals surface area contributed by atoms with E-state index in [4.69, 9.17) is 5.73 Å². The van der Waals surface area contributed by atoms with Gasteiger partial charge in [0.1, 0.15) is 6.04 Å². The maximum absolute atomic E-state index is 12.1. The summed E-state index contributed by atoms with van der Waals surface area (Å²) in [5.41, 5.74) is 6.85. The van der Waals surface area contributed by atoms with Gasteiger partial charge in [-0.15, -0.1) is 0 Å². The fraction of sp³-hybridized carbons (Fsp3) is 0.385. The van der Waals surface area contributed by atoms with E-state index in [1.54, 1.807) is 17.8 Å². The Balaban J connectivity index is 2.67. The first-order valence-electron chi connectivity index (χ1n) is 5.95. The van der Waals surface area contributed by atoms with Crippen molar-refractivity contribution < 1.29 is 9.59 Å². The number of carbonyl (C=O) groups excluding carboxylic acids is 2. The standard InChI is InChI=1S/C13H19N3O2S/c1-9-4-3-5-10(8-9)15-12(17)11(6-7-19-2)16-13(14)18/h3-5,8,11H,6-7H2,1-2H3,(H,15,17)(H3,14,16,18). The van der Waals surface area contributed by atoms with Gasteiger partial charge in [0, 0.05) is 5.69 Å². The van der Waals surface area contributed by atoms with Gasteiger partial charge in [0.2, 0.25) is 5.91 Å². The van der Waals surface area contributed by atoms with Crippen molar-refractivity contribution in [3.63, 3.8) is 0 Å². The Hall–Kier alpha value is -1.69. The highest BCUT2D eigenvalue weighted by atomic mass is 32.2. The Morgan fingerprint density at radius 1 is 1.42 bits per heavy atom. The number of benzene rings is 1. The van der Waals surface area contributed by atoms with Gasteiger partial charge in [-0.05, 0) is 43.0 Å². The highest BCUT2D eigenvalue weighted by molar-refractivity contribution is 7.98. The van der Waals surface area contributed by atoms with Gasteiger partial charge >= 0.3 is 6.03 Å². The zero-order chi connectivity index (χ0) is 14.3. The SMILES string of the molecule is CSCCC(NC(N)=O)C(=O)Nc1cccc(C)c1. The zero-order valence-corrected chi connectivity index (χ0v) is 11.9. The molecule has 4 N–H and O–H groups in total. The minimum atomic E-state index is -0.689. The molecule has 1 unspecified atom stereocenters. The Morgan fingerprint density at radius 2 is 2.16 bits per heavy atom. The minimum Gasteiger partial charge on any atom is -0.352 e. The van der Waals surface area contributed by atoms with Crippen molar-refractivity contribution in [3.8, 4) is 0 Å². The Labute approximate surface area is 117 Å². The molecular formula is C13H19N3O2S. The molecule has 3 amide bonds. The molecule has 0 aliphatic rings. The molecule has 0 heterocycles. The van der Waals surface area contributed by atoms with E-state index in [9.17, 15) is 9.59 Å². The number of carbonyl (C=O) groups is 2. The normalized spacial score (nSPS) is 11.7. The van der Waals surface area contributed by atoms with Crippen LogP contribution in [0.1, 0.15) is 12.0 Å². The van der Waals surface area contributed by atoms with Gasteiger partial charge in [-0.25, -0.2) is 4.79 Å². The van der Waals surface area contributed by atoms with Crippen LogP contribution in [0.25, 0.3) is 0 Å². The molecule has 0 fully saturated rings. The van der Waals surface area contributed by atoms with Crippen LogP contribution in [-0.4, -0.2) is 30.0 Å². The quantitative estimate of drug-likeness (QED) is 0.742.